The highest BCUT2D eigenvalue weighted by Gasteiger charge is 2.38. The van der Waals surface area contributed by atoms with Crippen LogP contribution < -0.4 is 4.74 Å². The van der Waals surface area contributed by atoms with E-state index in [2.05, 4.69) is 0 Å². The molecule has 0 aromatic heterocycles. The molecule has 0 N–H and O–H groups in total. The van der Waals surface area contributed by atoms with Gasteiger partial charge in [-0.25, -0.2) is 9.38 Å². The van der Waals surface area contributed by atoms with Crippen LogP contribution in [0, 0.1) is 5.82 Å². The van der Waals surface area contributed by atoms with E-state index in [0.29, 0.717) is 15.6 Å². The van der Waals surface area contributed by atoms with Crippen LogP contribution in [0.15, 0.2) is 58.4 Å². The minimum Gasteiger partial charge on any atom is -0.497 e. The van der Waals surface area contributed by atoms with Crippen molar-refractivity contribution in [2.45, 2.75) is 38.1 Å². The average molecular weight is 411 g/mol. The number of amides is 1. The number of thioether (sulfide) groups is 1. The van der Waals surface area contributed by atoms with E-state index in [1.807, 2.05) is 29.2 Å². The summed E-state index contributed by atoms with van der Waals surface area (Å²) in [6.07, 6.45) is 7.01. The number of carbonyl (C=O) groups is 1. The van der Waals surface area contributed by atoms with E-state index >= 15 is 0 Å². The molecule has 0 unspecified atom stereocenters. The SMILES string of the molecule is COc1ccc(N=C2S/C(=C\c3ccccc3F)C(=O)N2C2CCCCC2)cc1. The third-order valence-electron chi connectivity index (χ3n) is 5.27. The van der Waals surface area contributed by atoms with Gasteiger partial charge in [0.15, 0.2) is 5.17 Å². The van der Waals surface area contributed by atoms with Gasteiger partial charge in [-0.05, 0) is 61.0 Å². The summed E-state index contributed by atoms with van der Waals surface area (Å²) < 4.78 is 19.3. The maximum Gasteiger partial charge on any atom is 0.267 e. The van der Waals surface area contributed by atoms with Crippen LogP contribution in [0.2, 0.25) is 0 Å². The highest BCUT2D eigenvalue weighted by Crippen LogP contribution is 2.38. The number of nitrogens with zero attached hydrogens (tertiary/aromatic N) is 2. The Morgan fingerprint density at radius 1 is 1.10 bits per heavy atom. The summed E-state index contributed by atoms with van der Waals surface area (Å²) >= 11 is 1.32. The Bertz CT molecular complexity index is 950. The van der Waals surface area contributed by atoms with Gasteiger partial charge < -0.3 is 4.74 Å². The molecular formula is C23H23FN2O2S. The van der Waals surface area contributed by atoms with E-state index in [-0.39, 0.29) is 17.8 Å². The zero-order valence-corrected chi connectivity index (χ0v) is 17.1. The first-order valence-corrected chi connectivity index (χ1v) is 10.7. The molecule has 2 fully saturated rings. The fourth-order valence-electron chi connectivity index (χ4n) is 3.73. The van der Waals surface area contributed by atoms with Crippen LogP contribution in [0.1, 0.15) is 37.7 Å². The Balaban J connectivity index is 1.69. The first-order chi connectivity index (χ1) is 14.2. The van der Waals surface area contributed by atoms with Crippen molar-refractivity contribution in [3.8, 4) is 5.75 Å². The van der Waals surface area contributed by atoms with Crippen LogP contribution >= 0.6 is 11.8 Å². The van der Waals surface area contributed by atoms with Crippen molar-refractivity contribution in [1.29, 1.82) is 0 Å². The lowest BCUT2D eigenvalue weighted by Crippen LogP contribution is -2.40. The number of rotatable bonds is 4. The molecule has 0 bridgehead atoms. The molecule has 1 aliphatic carbocycles. The average Bonchev–Trinajstić information content (AvgIpc) is 3.05. The fourth-order valence-corrected chi connectivity index (χ4v) is 4.78. The van der Waals surface area contributed by atoms with E-state index in [4.69, 9.17) is 9.73 Å². The highest BCUT2D eigenvalue weighted by atomic mass is 32.2. The first kappa shape index (κ1) is 19.7. The zero-order valence-electron chi connectivity index (χ0n) is 16.3. The number of benzene rings is 2. The number of carbonyl (C=O) groups excluding carboxylic acids is 1. The predicted molar refractivity (Wildman–Crippen MR) is 116 cm³/mol. The van der Waals surface area contributed by atoms with E-state index in [9.17, 15) is 9.18 Å². The highest BCUT2D eigenvalue weighted by molar-refractivity contribution is 8.18. The molecule has 0 atom stereocenters. The topological polar surface area (TPSA) is 41.9 Å². The summed E-state index contributed by atoms with van der Waals surface area (Å²) in [7, 11) is 1.62. The number of aliphatic imine (C=N–C) groups is 1. The number of halogens is 1. The molecule has 6 heteroatoms. The van der Waals surface area contributed by atoms with Crippen molar-refractivity contribution in [2.75, 3.05) is 7.11 Å². The second kappa shape index (κ2) is 8.82. The summed E-state index contributed by atoms with van der Waals surface area (Å²) in [5.41, 5.74) is 1.17. The molecule has 1 saturated heterocycles. The molecule has 2 aliphatic rings. The molecular weight excluding hydrogens is 387 g/mol. The fraction of sp³-hybridized carbons (Fsp3) is 0.304. The molecule has 0 spiro atoms. The molecule has 1 amide bonds. The summed E-state index contributed by atoms with van der Waals surface area (Å²) in [4.78, 5) is 20.3. The van der Waals surface area contributed by atoms with E-state index < -0.39 is 0 Å². The molecule has 150 valence electrons. The molecule has 29 heavy (non-hydrogen) atoms. The molecule has 2 aromatic carbocycles. The maximum atomic E-state index is 14.1. The lowest BCUT2D eigenvalue weighted by atomic mass is 9.94. The molecule has 4 rings (SSSR count). The lowest BCUT2D eigenvalue weighted by Gasteiger charge is -2.30. The molecule has 0 radical (unpaired) electrons. The van der Waals surface area contributed by atoms with E-state index in [1.54, 1.807) is 31.4 Å². The van der Waals surface area contributed by atoms with Gasteiger partial charge >= 0.3 is 0 Å². The van der Waals surface area contributed by atoms with Crippen LogP contribution in [0.4, 0.5) is 10.1 Å². The Kier molecular flexibility index (Phi) is 6.00. The quantitative estimate of drug-likeness (QED) is 0.601. The first-order valence-electron chi connectivity index (χ1n) is 9.86. The van der Waals surface area contributed by atoms with Crippen LogP contribution in [-0.2, 0) is 4.79 Å². The molecule has 1 saturated carbocycles. The minimum atomic E-state index is -0.335. The summed E-state index contributed by atoms with van der Waals surface area (Å²) in [6, 6.07) is 14.1. The second-order valence-electron chi connectivity index (χ2n) is 7.19. The molecule has 1 aliphatic heterocycles. The Morgan fingerprint density at radius 3 is 2.52 bits per heavy atom. The van der Waals surface area contributed by atoms with E-state index in [0.717, 1.165) is 37.1 Å². The number of ether oxygens (including phenoxy) is 1. The standard InChI is InChI=1S/C23H23FN2O2S/c1-28-19-13-11-17(12-14-19)25-23-26(18-8-3-2-4-9-18)22(27)21(29-23)15-16-7-5-6-10-20(16)24/h5-7,10-15,18H,2-4,8-9H2,1H3/b21-15-,25-23?. The van der Waals surface area contributed by atoms with Gasteiger partial charge in [-0.2, -0.15) is 0 Å². The van der Waals surface area contributed by atoms with Gasteiger partial charge in [-0.1, -0.05) is 37.5 Å². The predicted octanol–water partition coefficient (Wildman–Crippen LogP) is 5.77. The molecule has 4 nitrogen and oxygen atoms in total. The van der Waals surface area contributed by atoms with Crippen molar-refractivity contribution < 1.29 is 13.9 Å². The molecule has 2 aromatic rings. The van der Waals surface area contributed by atoms with Gasteiger partial charge in [0.1, 0.15) is 11.6 Å². The van der Waals surface area contributed by atoms with Gasteiger partial charge in [-0.15, -0.1) is 0 Å². The summed E-state index contributed by atoms with van der Waals surface area (Å²) in [5, 5.41) is 0.662. The van der Waals surface area contributed by atoms with Crippen molar-refractivity contribution in [2.24, 2.45) is 4.99 Å². The minimum absolute atomic E-state index is 0.0857. The Labute approximate surface area is 174 Å². The third kappa shape index (κ3) is 4.37. The zero-order chi connectivity index (χ0) is 20.2. The van der Waals surface area contributed by atoms with Crippen LogP contribution in [0.5, 0.6) is 5.75 Å². The Morgan fingerprint density at radius 2 is 1.83 bits per heavy atom. The Hall–Kier alpha value is -2.60. The number of amidine groups is 1. The van der Waals surface area contributed by atoms with Crippen molar-refractivity contribution in [3.63, 3.8) is 0 Å². The van der Waals surface area contributed by atoms with Crippen molar-refractivity contribution in [3.05, 3.63) is 64.8 Å². The van der Waals surface area contributed by atoms with Crippen LogP contribution in [0.25, 0.3) is 6.08 Å². The van der Waals surface area contributed by atoms with Gasteiger partial charge in [0.25, 0.3) is 5.91 Å². The number of methoxy groups -OCH3 is 1. The van der Waals surface area contributed by atoms with Gasteiger partial charge in [0.2, 0.25) is 0 Å². The molecule has 1 heterocycles. The number of hydrogen-bond acceptors (Lipinski definition) is 4. The largest absolute Gasteiger partial charge is 0.497 e. The van der Waals surface area contributed by atoms with Gasteiger partial charge in [0.05, 0.1) is 17.7 Å². The van der Waals surface area contributed by atoms with Crippen LogP contribution in [0.3, 0.4) is 0 Å². The smallest absolute Gasteiger partial charge is 0.267 e. The van der Waals surface area contributed by atoms with Gasteiger partial charge in [-0.3, -0.25) is 9.69 Å². The summed E-state index contributed by atoms with van der Waals surface area (Å²) in [5.74, 6) is 0.337. The number of hydrogen-bond donors (Lipinski definition) is 0. The normalized spacial score (nSPS) is 20.6. The monoisotopic (exact) mass is 410 g/mol. The van der Waals surface area contributed by atoms with Gasteiger partial charge in [0, 0.05) is 11.6 Å². The van der Waals surface area contributed by atoms with Crippen molar-refractivity contribution in [1.82, 2.24) is 4.90 Å². The third-order valence-corrected chi connectivity index (χ3v) is 6.25. The van der Waals surface area contributed by atoms with E-state index in [1.165, 1.54) is 24.2 Å². The van der Waals surface area contributed by atoms with Crippen LogP contribution in [-0.4, -0.2) is 29.1 Å². The van der Waals surface area contributed by atoms with Crippen molar-refractivity contribution >= 4 is 34.6 Å². The maximum absolute atomic E-state index is 14.1. The lowest BCUT2D eigenvalue weighted by molar-refractivity contribution is -0.124. The summed E-state index contributed by atoms with van der Waals surface area (Å²) in [6.45, 7) is 0. The second-order valence-corrected chi connectivity index (χ2v) is 8.20.